The summed E-state index contributed by atoms with van der Waals surface area (Å²) in [5.41, 5.74) is -1.37. The van der Waals surface area contributed by atoms with E-state index in [9.17, 15) is 29.1 Å². The number of nitrogens with zero attached hydrogens (tertiary/aromatic N) is 7. The molecule has 4 aromatic rings. The van der Waals surface area contributed by atoms with Crippen molar-refractivity contribution in [3.05, 3.63) is 60.3 Å². The summed E-state index contributed by atoms with van der Waals surface area (Å²) in [6, 6.07) is 6.46. The van der Waals surface area contributed by atoms with Crippen LogP contribution in [0.15, 0.2) is 43.1 Å². The van der Waals surface area contributed by atoms with E-state index in [-0.39, 0.29) is 108 Å². The van der Waals surface area contributed by atoms with Crippen LogP contribution >= 0.6 is 0 Å². The number of ether oxygens (including phenoxy) is 1. The third-order valence-corrected chi connectivity index (χ3v) is 10.3. The lowest BCUT2D eigenvalue weighted by Gasteiger charge is -2.41. The monoisotopic (exact) mass is 697 g/mol. The van der Waals surface area contributed by atoms with Gasteiger partial charge in [0.15, 0.2) is 5.82 Å². The van der Waals surface area contributed by atoms with E-state index in [1.807, 2.05) is 4.90 Å². The zero-order chi connectivity index (χ0) is 36.2. The number of phenolic OH excluding ortho intramolecular Hbond substituents is 1. The molecule has 5 heterocycles. The van der Waals surface area contributed by atoms with Crippen molar-refractivity contribution in [3.8, 4) is 41.4 Å². The van der Waals surface area contributed by atoms with Gasteiger partial charge in [-0.15, -0.1) is 6.42 Å². The number of terminal acetylenes is 1. The van der Waals surface area contributed by atoms with E-state index in [4.69, 9.17) is 16.1 Å². The summed E-state index contributed by atoms with van der Waals surface area (Å²) in [6.07, 6.45) is 7.68. The summed E-state index contributed by atoms with van der Waals surface area (Å²) in [6.45, 7) is 5.95. The lowest BCUT2D eigenvalue weighted by molar-refractivity contribution is -0.129. The molecule has 1 amide bonds. The number of aliphatic hydroxyl groups excluding tert-OH is 1. The molecule has 262 valence electrons. The molecular weight excluding hydrogens is 663 g/mol. The second-order valence-electron chi connectivity index (χ2n) is 13.5. The molecule has 2 N–H and O–H groups in total. The van der Waals surface area contributed by atoms with Crippen molar-refractivity contribution in [3.63, 3.8) is 0 Å². The van der Waals surface area contributed by atoms with Crippen LogP contribution in [0.3, 0.4) is 0 Å². The summed E-state index contributed by atoms with van der Waals surface area (Å²) in [4.78, 5) is 31.7. The Morgan fingerprint density at radius 1 is 1.25 bits per heavy atom. The second kappa shape index (κ2) is 13.0. The van der Waals surface area contributed by atoms with Crippen molar-refractivity contribution in [2.75, 3.05) is 44.3 Å². The van der Waals surface area contributed by atoms with Gasteiger partial charge in [0.25, 0.3) is 0 Å². The molecule has 2 bridgehead atoms. The van der Waals surface area contributed by atoms with Crippen LogP contribution in [0.5, 0.6) is 11.8 Å². The standard InChI is InChI=1S/C37H34F3N7O4/c1-4-25-28(39)7-6-20-11-24(49)12-26(31(20)25)33-32(40)34-27(15-42-33)35(45-17-23-10-21(14-41)29(18-45)47(23)30(50)5-2)44-36(43-34)51-19-37(3)13-22(38)16-46(37)8-9-48/h1,5-7,11-12,15,21-23,29,48-49H,2,8-10,13,16-19H2,3H3/t21?,22-,23-,29-,37+/m1/s1. The lowest BCUT2D eigenvalue weighted by atomic mass is 9.96. The normalized spacial score (nSPS) is 24.5. The van der Waals surface area contributed by atoms with Crippen molar-refractivity contribution in [2.45, 2.75) is 43.6 Å². The van der Waals surface area contributed by atoms with Gasteiger partial charge in [-0.2, -0.15) is 15.2 Å². The number of carbonyl (C=O) groups excluding carboxylic acids is 1. The smallest absolute Gasteiger partial charge is 0.319 e. The number of pyridine rings is 1. The molecule has 0 saturated carbocycles. The van der Waals surface area contributed by atoms with Gasteiger partial charge < -0.3 is 24.7 Å². The predicted octanol–water partition coefficient (Wildman–Crippen LogP) is 4.10. The van der Waals surface area contributed by atoms with Gasteiger partial charge in [-0.05, 0) is 43.0 Å². The van der Waals surface area contributed by atoms with Crippen molar-refractivity contribution >= 4 is 33.4 Å². The van der Waals surface area contributed by atoms with Crippen molar-refractivity contribution in [1.82, 2.24) is 24.8 Å². The average molecular weight is 698 g/mol. The Bertz CT molecular complexity index is 2170. The molecule has 0 aliphatic carbocycles. The molecule has 3 aliphatic heterocycles. The van der Waals surface area contributed by atoms with Gasteiger partial charge >= 0.3 is 6.01 Å². The SMILES string of the molecule is C#Cc1c(F)ccc2cc(O)cc(-c3ncc4c(N5C[C@H]6CC(C#N)[C@@H](C5)N6C(=O)C=C)nc(OC[C@]5(C)C[C@@H](F)CN5CCO)nc4c3F)c12. The van der Waals surface area contributed by atoms with Crippen LogP contribution in [-0.2, 0) is 4.79 Å². The number of β-amino-alcohol motifs (C(OH)–C–C–N with tert-alkyl or cyclic N) is 1. The van der Waals surface area contributed by atoms with E-state index in [0.717, 1.165) is 6.07 Å². The number of amides is 1. The summed E-state index contributed by atoms with van der Waals surface area (Å²) in [7, 11) is 0. The van der Waals surface area contributed by atoms with Gasteiger partial charge in [-0.1, -0.05) is 18.6 Å². The molecule has 51 heavy (non-hydrogen) atoms. The molecule has 5 atom stereocenters. The predicted molar refractivity (Wildman–Crippen MR) is 182 cm³/mol. The molecule has 1 unspecified atom stereocenters. The van der Waals surface area contributed by atoms with Crippen molar-refractivity contribution in [1.29, 1.82) is 5.26 Å². The number of aromatic hydroxyl groups is 1. The maximum absolute atomic E-state index is 17.0. The fraction of sp³-hybridized carbons (Fsp3) is 0.378. The number of fused-ring (bicyclic) bond motifs is 4. The van der Waals surface area contributed by atoms with Gasteiger partial charge in [-0.3, -0.25) is 14.7 Å². The zero-order valence-electron chi connectivity index (χ0n) is 27.7. The molecule has 3 fully saturated rings. The Labute approximate surface area is 291 Å². The average Bonchev–Trinajstić information content (AvgIpc) is 3.53. The van der Waals surface area contributed by atoms with Crippen LogP contribution in [0.2, 0.25) is 0 Å². The summed E-state index contributed by atoms with van der Waals surface area (Å²) in [5.74, 6) is -0.0207. The third-order valence-electron chi connectivity index (χ3n) is 10.3. The molecular formula is C37H34F3N7O4. The number of phenols is 1. The van der Waals surface area contributed by atoms with Gasteiger partial charge in [0.2, 0.25) is 5.91 Å². The van der Waals surface area contributed by atoms with E-state index in [1.54, 1.807) is 16.7 Å². The molecule has 14 heteroatoms. The largest absolute Gasteiger partial charge is 0.508 e. The van der Waals surface area contributed by atoms with E-state index in [2.05, 4.69) is 28.5 Å². The number of carbonyl (C=O) groups is 1. The maximum atomic E-state index is 17.0. The van der Waals surface area contributed by atoms with Gasteiger partial charge in [0.1, 0.15) is 41.4 Å². The highest BCUT2D eigenvalue weighted by molar-refractivity contribution is 6.03. The third kappa shape index (κ3) is 5.74. The summed E-state index contributed by atoms with van der Waals surface area (Å²) < 4.78 is 52.5. The minimum absolute atomic E-state index is 0.0399. The maximum Gasteiger partial charge on any atom is 0.319 e. The number of alkyl halides is 1. The highest BCUT2D eigenvalue weighted by Crippen LogP contribution is 2.41. The number of benzene rings is 2. The number of aromatic nitrogens is 3. The minimum Gasteiger partial charge on any atom is -0.508 e. The molecule has 11 nitrogen and oxygen atoms in total. The Morgan fingerprint density at radius 2 is 2.06 bits per heavy atom. The Kier molecular flexibility index (Phi) is 8.69. The fourth-order valence-electron chi connectivity index (χ4n) is 7.97. The Morgan fingerprint density at radius 3 is 2.78 bits per heavy atom. The van der Waals surface area contributed by atoms with E-state index < -0.39 is 35.3 Å². The quantitative estimate of drug-likeness (QED) is 0.205. The van der Waals surface area contributed by atoms with Crippen LogP contribution < -0.4 is 9.64 Å². The van der Waals surface area contributed by atoms with Gasteiger partial charge in [0.05, 0.1) is 47.2 Å². The highest BCUT2D eigenvalue weighted by atomic mass is 19.1. The number of halogens is 3. The number of anilines is 1. The van der Waals surface area contributed by atoms with Crippen molar-refractivity contribution in [2.24, 2.45) is 5.92 Å². The van der Waals surface area contributed by atoms with Crippen LogP contribution in [0.1, 0.15) is 25.3 Å². The molecule has 3 aliphatic rings. The molecule has 0 radical (unpaired) electrons. The van der Waals surface area contributed by atoms with Crippen LogP contribution in [0.25, 0.3) is 32.9 Å². The van der Waals surface area contributed by atoms with E-state index in [1.165, 1.54) is 30.5 Å². The lowest BCUT2D eigenvalue weighted by Crippen LogP contribution is -2.56. The van der Waals surface area contributed by atoms with Crippen molar-refractivity contribution < 1.29 is 32.9 Å². The minimum atomic E-state index is -1.14. The molecule has 7 rings (SSSR count). The van der Waals surface area contributed by atoms with Crippen LogP contribution in [0.4, 0.5) is 19.0 Å². The molecule has 2 aromatic heterocycles. The van der Waals surface area contributed by atoms with E-state index in [0.29, 0.717) is 11.8 Å². The number of aliphatic hydroxyl groups is 1. The first-order chi connectivity index (χ1) is 24.5. The van der Waals surface area contributed by atoms with Gasteiger partial charge in [-0.25, -0.2) is 13.2 Å². The molecule has 3 saturated heterocycles. The highest BCUT2D eigenvalue weighted by Gasteiger charge is 2.49. The zero-order valence-corrected chi connectivity index (χ0v) is 27.7. The summed E-state index contributed by atoms with van der Waals surface area (Å²) >= 11 is 0. The van der Waals surface area contributed by atoms with E-state index >= 15 is 4.39 Å². The fourth-order valence-corrected chi connectivity index (χ4v) is 7.97. The van der Waals surface area contributed by atoms with Crippen LogP contribution in [0, 0.1) is 41.2 Å². The number of rotatable bonds is 8. The first-order valence-corrected chi connectivity index (χ1v) is 16.5. The second-order valence-corrected chi connectivity index (χ2v) is 13.5. The van der Waals surface area contributed by atoms with Gasteiger partial charge in [0, 0.05) is 49.7 Å². The Balaban J connectivity index is 1.37. The first kappa shape index (κ1) is 34.0. The molecule has 2 aromatic carbocycles. The number of likely N-dealkylation sites (tertiary alicyclic amines) is 1. The number of hydrogen-bond acceptors (Lipinski definition) is 10. The molecule has 0 spiro atoms. The van der Waals surface area contributed by atoms with Crippen LogP contribution in [-0.4, -0.2) is 104 Å². The first-order valence-electron chi connectivity index (χ1n) is 16.5. The number of piperazine rings is 1. The summed E-state index contributed by atoms with van der Waals surface area (Å²) in [5, 5.41) is 30.8. The Hall–Kier alpha value is -5.44. The topological polar surface area (TPSA) is 139 Å². The number of nitriles is 1. The number of hydrogen-bond donors (Lipinski definition) is 2.